The van der Waals surface area contributed by atoms with E-state index < -0.39 is 0 Å². The van der Waals surface area contributed by atoms with Crippen LogP contribution in [0.1, 0.15) is 19.8 Å². The van der Waals surface area contributed by atoms with Crippen molar-refractivity contribution in [3.05, 3.63) is 12.7 Å². The standard InChI is InChI=1S/C7H13N/c1-3-5-7-8-6-4-2/h4,6H,2-3,5,7H2,1H3. The van der Waals surface area contributed by atoms with Crippen LogP contribution in [0.5, 0.6) is 0 Å². The van der Waals surface area contributed by atoms with Gasteiger partial charge in [-0.1, -0.05) is 26.0 Å². The fourth-order valence-electron chi connectivity index (χ4n) is 0.398. The van der Waals surface area contributed by atoms with Crippen molar-refractivity contribution >= 4 is 6.21 Å². The van der Waals surface area contributed by atoms with Crippen LogP contribution < -0.4 is 0 Å². The number of allylic oxidation sites excluding steroid dienone is 1. The van der Waals surface area contributed by atoms with Crippen molar-refractivity contribution in [3.63, 3.8) is 0 Å². The summed E-state index contributed by atoms with van der Waals surface area (Å²) < 4.78 is 0. The van der Waals surface area contributed by atoms with Crippen LogP contribution in [0.2, 0.25) is 0 Å². The third kappa shape index (κ3) is 5.41. The minimum atomic E-state index is 0.947. The molecule has 8 heavy (non-hydrogen) atoms. The van der Waals surface area contributed by atoms with E-state index in [0.29, 0.717) is 0 Å². The number of hydrogen-bond acceptors (Lipinski definition) is 1. The van der Waals surface area contributed by atoms with Crippen molar-refractivity contribution in [2.45, 2.75) is 19.8 Å². The van der Waals surface area contributed by atoms with Crippen LogP contribution in [0.15, 0.2) is 17.6 Å². The molecule has 0 aliphatic heterocycles. The molecule has 0 fully saturated rings. The summed E-state index contributed by atoms with van der Waals surface area (Å²) in [4.78, 5) is 4.04. The molecule has 0 spiro atoms. The molecular weight excluding hydrogens is 98.1 g/mol. The van der Waals surface area contributed by atoms with Gasteiger partial charge in [-0.05, 0) is 6.42 Å². The van der Waals surface area contributed by atoms with Gasteiger partial charge in [0.05, 0.1) is 0 Å². The zero-order valence-corrected chi connectivity index (χ0v) is 5.43. The van der Waals surface area contributed by atoms with Crippen molar-refractivity contribution in [1.29, 1.82) is 0 Å². The maximum Gasteiger partial charge on any atom is 0.0389 e. The topological polar surface area (TPSA) is 12.4 Å². The van der Waals surface area contributed by atoms with E-state index in [1.165, 1.54) is 12.8 Å². The first-order chi connectivity index (χ1) is 3.91. The smallest absolute Gasteiger partial charge is 0.0389 e. The second-order valence-electron chi connectivity index (χ2n) is 1.64. The fourth-order valence-corrected chi connectivity index (χ4v) is 0.398. The lowest BCUT2D eigenvalue weighted by molar-refractivity contribution is 0.810. The molecule has 46 valence electrons. The first kappa shape index (κ1) is 7.41. The SMILES string of the molecule is C=CC=NCCCC. The van der Waals surface area contributed by atoms with E-state index in [0.717, 1.165) is 6.54 Å². The summed E-state index contributed by atoms with van der Waals surface area (Å²) in [5, 5.41) is 0. The highest BCUT2D eigenvalue weighted by Gasteiger charge is 1.74. The van der Waals surface area contributed by atoms with Gasteiger partial charge in [0.15, 0.2) is 0 Å². The van der Waals surface area contributed by atoms with Crippen molar-refractivity contribution < 1.29 is 0 Å². The van der Waals surface area contributed by atoms with Crippen LogP contribution >= 0.6 is 0 Å². The first-order valence-electron chi connectivity index (χ1n) is 3.02. The summed E-state index contributed by atoms with van der Waals surface area (Å²) in [6.07, 6.45) is 5.85. The molecule has 0 saturated carbocycles. The Morgan fingerprint density at radius 1 is 1.62 bits per heavy atom. The van der Waals surface area contributed by atoms with Crippen LogP contribution in [-0.4, -0.2) is 12.8 Å². The molecule has 0 unspecified atom stereocenters. The molecule has 0 N–H and O–H groups in total. The van der Waals surface area contributed by atoms with Crippen LogP contribution in [-0.2, 0) is 0 Å². The largest absolute Gasteiger partial charge is 0.293 e. The lowest BCUT2D eigenvalue weighted by Gasteiger charge is -1.84. The molecule has 0 aliphatic rings. The Kier molecular flexibility index (Phi) is 5.94. The molecule has 1 nitrogen and oxygen atoms in total. The first-order valence-corrected chi connectivity index (χ1v) is 3.02. The third-order valence-corrected chi connectivity index (χ3v) is 0.852. The minimum Gasteiger partial charge on any atom is -0.293 e. The summed E-state index contributed by atoms with van der Waals surface area (Å²) in [5.41, 5.74) is 0. The van der Waals surface area contributed by atoms with Crippen LogP contribution in [0, 0.1) is 0 Å². The summed E-state index contributed by atoms with van der Waals surface area (Å²) in [7, 11) is 0. The lowest BCUT2D eigenvalue weighted by atomic mass is 10.3. The van der Waals surface area contributed by atoms with Gasteiger partial charge in [-0.3, -0.25) is 4.99 Å². The summed E-state index contributed by atoms with van der Waals surface area (Å²) in [5.74, 6) is 0. The Labute approximate surface area is 51.1 Å². The van der Waals surface area contributed by atoms with Gasteiger partial charge in [0.2, 0.25) is 0 Å². The lowest BCUT2D eigenvalue weighted by Crippen LogP contribution is -1.77. The van der Waals surface area contributed by atoms with Gasteiger partial charge in [0.1, 0.15) is 0 Å². The predicted octanol–water partition coefficient (Wildman–Crippen LogP) is 2.04. The minimum absolute atomic E-state index is 0.947. The Hall–Kier alpha value is -0.590. The highest BCUT2D eigenvalue weighted by Crippen LogP contribution is 1.84. The molecule has 0 aromatic heterocycles. The molecule has 0 aromatic rings. The van der Waals surface area contributed by atoms with Crippen LogP contribution in [0.25, 0.3) is 0 Å². The van der Waals surface area contributed by atoms with Gasteiger partial charge in [0, 0.05) is 12.8 Å². The summed E-state index contributed by atoms with van der Waals surface area (Å²) >= 11 is 0. The molecule has 0 rings (SSSR count). The fraction of sp³-hybridized carbons (Fsp3) is 0.571. The number of rotatable bonds is 4. The molecule has 0 bridgehead atoms. The Morgan fingerprint density at radius 2 is 2.38 bits per heavy atom. The molecule has 0 atom stereocenters. The van der Waals surface area contributed by atoms with Gasteiger partial charge in [-0.25, -0.2) is 0 Å². The van der Waals surface area contributed by atoms with Gasteiger partial charge >= 0.3 is 0 Å². The highest BCUT2D eigenvalue weighted by atomic mass is 14.7. The van der Waals surface area contributed by atoms with Gasteiger partial charge in [-0.15, -0.1) is 0 Å². The van der Waals surface area contributed by atoms with Crippen LogP contribution in [0.3, 0.4) is 0 Å². The normalized spacial score (nSPS) is 10.1. The van der Waals surface area contributed by atoms with E-state index in [1.807, 2.05) is 0 Å². The highest BCUT2D eigenvalue weighted by molar-refractivity contribution is 5.69. The second-order valence-corrected chi connectivity index (χ2v) is 1.64. The monoisotopic (exact) mass is 111 g/mol. The zero-order valence-electron chi connectivity index (χ0n) is 5.43. The van der Waals surface area contributed by atoms with E-state index in [9.17, 15) is 0 Å². The van der Waals surface area contributed by atoms with Crippen molar-refractivity contribution in [2.75, 3.05) is 6.54 Å². The van der Waals surface area contributed by atoms with Crippen molar-refractivity contribution in [1.82, 2.24) is 0 Å². The molecule has 0 heterocycles. The van der Waals surface area contributed by atoms with Gasteiger partial charge in [0.25, 0.3) is 0 Å². The van der Waals surface area contributed by atoms with Crippen LogP contribution in [0.4, 0.5) is 0 Å². The Morgan fingerprint density at radius 3 is 2.88 bits per heavy atom. The number of nitrogens with zero attached hydrogens (tertiary/aromatic N) is 1. The second kappa shape index (κ2) is 6.41. The van der Waals surface area contributed by atoms with Gasteiger partial charge in [-0.2, -0.15) is 0 Å². The van der Waals surface area contributed by atoms with E-state index in [1.54, 1.807) is 12.3 Å². The Bertz CT molecular complexity index is 74.5. The number of aliphatic imine (C=N–C) groups is 1. The predicted molar refractivity (Wildman–Crippen MR) is 38.5 cm³/mol. The molecular formula is C7H13N. The van der Waals surface area contributed by atoms with E-state index in [-0.39, 0.29) is 0 Å². The van der Waals surface area contributed by atoms with Gasteiger partial charge < -0.3 is 0 Å². The van der Waals surface area contributed by atoms with E-state index in [2.05, 4.69) is 18.5 Å². The number of hydrogen-bond donors (Lipinski definition) is 0. The molecule has 1 heteroatoms. The molecule has 0 aliphatic carbocycles. The number of unbranched alkanes of at least 4 members (excludes halogenated alkanes) is 1. The maximum atomic E-state index is 4.04. The maximum absolute atomic E-state index is 4.04. The quantitative estimate of drug-likeness (QED) is 0.389. The molecule has 0 saturated heterocycles. The third-order valence-electron chi connectivity index (χ3n) is 0.852. The van der Waals surface area contributed by atoms with E-state index in [4.69, 9.17) is 0 Å². The Balaban J connectivity index is 2.91. The summed E-state index contributed by atoms with van der Waals surface area (Å²) in [6.45, 7) is 6.61. The van der Waals surface area contributed by atoms with E-state index >= 15 is 0 Å². The average molecular weight is 111 g/mol. The van der Waals surface area contributed by atoms with Crippen molar-refractivity contribution in [3.8, 4) is 0 Å². The average Bonchev–Trinajstić information content (AvgIpc) is 1.81. The molecule has 0 radical (unpaired) electrons. The molecule has 0 amide bonds. The van der Waals surface area contributed by atoms with Crippen molar-refractivity contribution in [2.24, 2.45) is 4.99 Å². The molecule has 0 aromatic carbocycles. The summed E-state index contributed by atoms with van der Waals surface area (Å²) in [6, 6.07) is 0. The zero-order chi connectivity index (χ0) is 6.24.